The Morgan fingerprint density at radius 2 is 1.90 bits per heavy atom. The Hall–Kier alpha value is -1.65. The molecular formula is C15H22N4O. The fourth-order valence-corrected chi connectivity index (χ4v) is 3.22. The number of piperidine rings is 1. The van der Waals surface area contributed by atoms with Crippen molar-refractivity contribution in [2.75, 3.05) is 18.0 Å². The predicted octanol–water partition coefficient (Wildman–Crippen LogP) is 1.75. The lowest BCUT2D eigenvalue weighted by molar-refractivity contribution is -0.125. The Kier molecular flexibility index (Phi) is 4.14. The number of rotatable bonds is 3. The van der Waals surface area contributed by atoms with E-state index in [1.54, 1.807) is 12.4 Å². The topological polar surface area (TPSA) is 58.1 Å². The highest BCUT2D eigenvalue weighted by atomic mass is 16.2. The van der Waals surface area contributed by atoms with Crippen molar-refractivity contribution in [1.29, 1.82) is 0 Å². The predicted molar refractivity (Wildman–Crippen MR) is 77.4 cm³/mol. The third-order valence-electron chi connectivity index (χ3n) is 4.33. The first-order chi connectivity index (χ1) is 9.83. The van der Waals surface area contributed by atoms with Crippen molar-refractivity contribution < 1.29 is 4.79 Å². The molecule has 1 amide bonds. The van der Waals surface area contributed by atoms with Crippen molar-refractivity contribution in [2.24, 2.45) is 5.92 Å². The van der Waals surface area contributed by atoms with E-state index < -0.39 is 0 Å². The zero-order chi connectivity index (χ0) is 13.8. The third kappa shape index (κ3) is 3.08. The van der Waals surface area contributed by atoms with Crippen molar-refractivity contribution in [3.63, 3.8) is 0 Å². The zero-order valence-electron chi connectivity index (χ0n) is 11.8. The number of carbonyl (C=O) groups excluding carboxylic acids is 1. The lowest BCUT2D eigenvalue weighted by Crippen LogP contribution is -2.45. The largest absolute Gasteiger partial charge is 0.353 e. The minimum atomic E-state index is 0.0770. The van der Waals surface area contributed by atoms with Gasteiger partial charge in [-0.2, -0.15) is 0 Å². The second-order valence-electron chi connectivity index (χ2n) is 5.82. The number of hydrogen-bond acceptors (Lipinski definition) is 4. The van der Waals surface area contributed by atoms with Gasteiger partial charge in [-0.05, 0) is 31.7 Å². The fraction of sp³-hybridized carbons (Fsp3) is 0.667. The molecule has 1 saturated heterocycles. The molecule has 2 aliphatic rings. The van der Waals surface area contributed by atoms with Gasteiger partial charge in [0.15, 0.2) is 0 Å². The Bertz CT molecular complexity index is 444. The van der Waals surface area contributed by atoms with Crippen molar-refractivity contribution in [3.05, 3.63) is 18.5 Å². The van der Waals surface area contributed by atoms with Gasteiger partial charge in [-0.15, -0.1) is 0 Å². The molecule has 20 heavy (non-hydrogen) atoms. The van der Waals surface area contributed by atoms with Gasteiger partial charge < -0.3 is 10.2 Å². The monoisotopic (exact) mass is 274 g/mol. The van der Waals surface area contributed by atoms with Crippen LogP contribution in [0.3, 0.4) is 0 Å². The summed E-state index contributed by atoms with van der Waals surface area (Å²) in [6.45, 7) is 1.68. The summed E-state index contributed by atoms with van der Waals surface area (Å²) >= 11 is 0. The number of hydrogen-bond donors (Lipinski definition) is 1. The molecule has 1 aliphatic carbocycles. The molecule has 1 N–H and O–H groups in total. The first kappa shape index (κ1) is 13.3. The number of amides is 1. The van der Waals surface area contributed by atoms with Crippen LogP contribution in [0.1, 0.15) is 38.5 Å². The van der Waals surface area contributed by atoms with Crippen molar-refractivity contribution in [2.45, 2.75) is 44.6 Å². The van der Waals surface area contributed by atoms with Crippen LogP contribution in [0.5, 0.6) is 0 Å². The highest BCUT2D eigenvalue weighted by Crippen LogP contribution is 2.22. The van der Waals surface area contributed by atoms with Crippen LogP contribution in [0.25, 0.3) is 0 Å². The van der Waals surface area contributed by atoms with Crippen molar-refractivity contribution in [1.82, 2.24) is 15.3 Å². The van der Waals surface area contributed by atoms with E-state index in [0.717, 1.165) is 44.7 Å². The highest BCUT2D eigenvalue weighted by Gasteiger charge is 2.28. The van der Waals surface area contributed by atoms with E-state index in [9.17, 15) is 4.79 Å². The second kappa shape index (κ2) is 6.20. The standard InChI is InChI=1S/C15H22N4O/c20-14(18-13-6-1-2-7-13)12-5-3-10-19(11-12)15-16-8-4-9-17-15/h4,8-9,12-13H,1-3,5-7,10-11H2,(H,18,20)/t12-/m1/s1. The summed E-state index contributed by atoms with van der Waals surface area (Å²) in [6, 6.07) is 2.23. The smallest absolute Gasteiger partial charge is 0.225 e. The third-order valence-corrected chi connectivity index (χ3v) is 4.33. The normalized spacial score (nSPS) is 23.8. The lowest BCUT2D eigenvalue weighted by Gasteiger charge is -2.32. The minimum Gasteiger partial charge on any atom is -0.353 e. The Morgan fingerprint density at radius 1 is 1.15 bits per heavy atom. The molecule has 1 aromatic heterocycles. The summed E-state index contributed by atoms with van der Waals surface area (Å²) in [7, 11) is 0. The first-order valence-electron chi connectivity index (χ1n) is 7.65. The van der Waals surface area contributed by atoms with Crippen molar-refractivity contribution in [3.8, 4) is 0 Å². The second-order valence-corrected chi connectivity index (χ2v) is 5.82. The fourth-order valence-electron chi connectivity index (χ4n) is 3.22. The molecule has 0 aromatic carbocycles. The number of nitrogens with zero attached hydrogens (tertiary/aromatic N) is 3. The average Bonchev–Trinajstić information content (AvgIpc) is 3.01. The highest BCUT2D eigenvalue weighted by molar-refractivity contribution is 5.79. The molecule has 0 spiro atoms. The van der Waals surface area contributed by atoms with E-state index in [1.165, 1.54) is 12.8 Å². The number of nitrogens with one attached hydrogen (secondary N) is 1. The van der Waals surface area contributed by atoms with Gasteiger partial charge in [-0.1, -0.05) is 12.8 Å². The van der Waals surface area contributed by atoms with Gasteiger partial charge in [0, 0.05) is 31.5 Å². The van der Waals surface area contributed by atoms with E-state index in [-0.39, 0.29) is 11.8 Å². The molecule has 0 bridgehead atoms. The SMILES string of the molecule is O=C(NC1CCCC1)[C@@H]1CCCN(c2ncccn2)C1. The molecule has 5 heteroatoms. The molecule has 1 aromatic rings. The molecule has 2 heterocycles. The summed E-state index contributed by atoms with van der Waals surface area (Å²) in [6.07, 6.45) is 10.3. The van der Waals surface area contributed by atoms with E-state index in [1.807, 2.05) is 6.07 Å². The van der Waals surface area contributed by atoms with Crippen LogP contribution < -0.4 is 10.2 Å². The summed E-state index contributed by atoms with van der Waals surface area (Å²) in [5.74, 6) is 1.04. The molecule has 3 rings (SSSR count). The zero-order valence-corrected chi connectivity index (χ0v) is 11.8. The average molecular weight is 274 g/mol. The Morgan fingerprint density at radius 3 is 2.65 bits per heavy atom. The van der Waals surface area contributed by atoms with Crippen LogP contribution in [0, 0.1) is 5.92 Å². The molecule has 0 radical (unpaired) electrons. The van der Waals surface area contributed by atoms with Crippen LogP contribution in [0.2, 0.25) is 0 Å². The van der Waals surface area contributed by atoms with Crippen LogP contribution >= 0.6 is 0 Å². The van der Waals surface area contributed by atoms with Gasteiger partial charge in [0.2, 0.25) is 11.9 Å². The van der Waals surface area contributed by atoms with E-state index in [4.69, 9.17) is 0 Å². The van der Waals surface area contributed by atoms with Gasteiger partial charge in [-0.25, -0.2) is 9.97 Å². The Balaban J connectivity index is 1.58. The first-order valence-corrected chi connectivity index (χ1v) is 7.65. The number of carbonyl (C=O) groups is 1. The lowest BCUT2D eigenvalue weighted by atomic mass is 9.97. The van der Waals surface area contributed by atoms with E-state index in [2.05, 4.69) is 20.2 Å². The van der Waals surface area contributed by atoms with Gasteiger partial charge in [-0.3, -0.25) is 4.79 Å². The van der Waals surface area contributed by atoms with Gasteiger partial charge in [0.05, 0.1) is 5.92 Å². The number of aromatic nitrogens is 2. The molecule has 2 fully saturated rings. The van der Waals surface area contributed by atoms with Gasteiger partial charge in [0.25, 0.3) is 0 Å². The van der Waals surface area contributed by atoms with E-state index >= 15 is 0 Å². The molecule has 1 saturated carbocycles. The summed E-state index contributed by atoms with van der Waals surface area (Å²) in [5.41, 5.74) is 0. The van der Waals surface area contributed by atoms with Crippen LogP contribution in [0.4, 0.5) is 5.95 Å². The molecule has 1 atom stereocenters. The van der Waals surface area contributed by atoms with Crippen LogP contribution in [0.15, 0.2) is 18.5 Å². The molecule has 0 unspecified atom stereocenters. The van der Waals surface area contributed by atoms with Gasteiger partial charge >= 0.3 is 0 Å². The summed E-state index contributed by atoms with van der Waals surface area (Å²) < 4.78 is 0. The van der Waals surface area contributed by atoms with Gasteiger partial charge in [0.1, 0.15) is 0 Å². The quantitative estimate of drug-likeness (QED) is 0.912. The summed E-state index contributed by atoms with van der Waals surface area (Å²) in [5, 5.41) is 3.21. The van der Waals surface area contributed by atoms with Crippen LogP contribution in [-0.2, 0) is 4.79 Å². The van der Waals surface area contributed by atoms with E-state index in [0.29, 0.717) is 6.04 Å². The van der Waals surface area contributed by atoms with Crippen LogP contribution in [-0.4, -0.2) is 35.0 Å². The maximum atomic E-state index is 12.4. The summed E-state index contributed by atoms with van der Waals surface area (Å²) in [4.78, 5) is 23.0. The van der Waals surface area contributed by atoms with Crippen molar-refractivity contribution >= 4 is 11.9 Å². The Labute approximate surface area is 119 Å². The molecule has 1 aliphatic heterocycles. The molecular weight excluding hydrogens is 252 g/mol. The molecule has 108 valence electrons. The number of anilines is 1. The molecule has 5 nitrogen and oxygen atoms in total. The maximum Gasteiger partial charge on any atom is 0.225 e. The minimum absolute atomic E-state index is 0.0770. The maximum absolute atomic E-state index is 12.4.